The summed E-state index contributed by atoms with van der Waals surface area (Å²) in [6.07, 6.45) is 2.59. The SMILES string of the molecule is CCNC(=NCc1nc(C)c(C)s1)N1CCCC(CC(N)=O)C1.I. The summed E-state index contributed by atoms with van der Waals surface area (Å²) < 4.78 is 0. The number of halogens is 1. The van der Waals surface area contributed by atoms with Crippen LogP contribution in [0.2, 0.25) is 0 Å². The summed E-state index contributed by atoms with van der Waals surface area (Å²) in [5.41, 5.74) is 6.43. The Morgan fingerprint density at radius 3 is 2.83 bits per heavy atom. The van der Waals surface area contributed by atoms with Crippen LogP contribution in [0.25, 0.3) is 0 Å². The zero-order valence-corrected chi connectivity index (χ0v) is 17.8. The molecule has 0 aliphatic carbocycles. The third-order valence-corrected chi connectivity index (χ3v) is 5.14. The summed E-state index contributed by atoms with van der Waals surface area (Å²) in [6, 6.07) is 0. The van der Waals surface area contributed by atoms with Crippen LogP contribution >= 0.6 is 35.3 Å². The molecule has 24 heavy (non-hydrogen) atoms. The van der Waals surface area contributed by atoms with Gasteiger partial charge in [0.15, 0.2) is 5.96 Å². The lowest BCUT2D eigenvalue weighted by atomic mass is 9.95. The number of guanidine groups is 1. The molecule has 1 fully saturated rings. The molecule has 8 heteroatoms. The molecule has 3 N–H and O–H groups in total. The topological polar surface area (TPSA) is 83.6 Å². The monoisotopic (exact) mass is 465 g/mol. The molecule has 0 bridgehead atoms. The summed E-state index contributed by atoms with van der Waals surface area (Å²) in [7, 11) is 0. The third kappa shape index (κ3) is 6.19. The molecular formula is C16H28IN5OS. The van der Waals surface area contributed by atoms with Gasteiger partial charge in [-0.2, -0.15) is 0 Å². The number of amides is 1. The summed E-state index contributed by atoms with van der Waals surface area (Å²) in [5.74, 6) is 1.02. The van der Waals surface area contributed by atoms with E-state index in [2.05, 4.69) is 29.0 Å². The Morgan fingerprint density at radius 1 is 1.50 bits per heavy atom. The maximum atomic E-state index is 11.2. The molecular weight excluding hydrogens is 437 g/mol. The molecule has 1 aliphatic rings. The number of primary amides is 1. The van der Waals surface area contributed by atoms with Crippen LogP contribution in [-0.4, -0.2) is 41.4 Å². The number of nitrogens with zero attached hydrogens (tertiary/aromatic N) is 3. The number of likely N-dealkylation sites (tertiary alicyclic amines) is 1. The fourth-order valence-electron chi connectivity index (χ4n) is 2.88. The lowest BCUT2D eigenvalue weighted by molar-refractivity contribution is -0.119. The highest BCUT2D eigenvalue weighted by molar-refractivity contribution is 14.0. The smallest absolute Gasteiger partial charge is 0.217 e. The molecule has 6 nitrogen and oxygen atoms in total. The molecule has 1 aromatic rings. The number of hydrogen-bond donors (Lipinski definition) is 2. The molecule has 2 heterocycles. The van der Waals surface area contributed by atoms with Crippen molar-refractivity contribution in [3.05, 3.63) is 15.6 Å². The van der Waals surface area contributed by atoms with Crippen molar-refractivity contribution in [3.8, 4) is 0 Å². The van der Waals surface area contributed by atoms with Gasteiger partial charge in [0, 0.05) is 30.9 Å². The second kappa shape index (κ2) is 10.2. The molecule has 1 atom stereocenters. The van der Waals surface area contributed by atoms with Crippen LogP contribution in [0.15, 0.2) is 4.99 Å². The Labute approximate surface area is 165 Å². The standard InChI is InChI=1S/C16H27N5OS.HI/c1-4-18-16(19-9-15-20-11(2)12(3)23-15)21-7-5-6-13(10-21)8-14(17)22;/h13H,4-10H2,1-3H3,(H2,17,22)(H,18,19);1H. The van der Waals surface area contributed by atoms with E-state index in [1.807, 2.05) is 6.92 Å². The van der Waals surface area contributed by atoms with E-state index in [-0.39, 0.29) is 29.9 Å². The van der Waals surface area contributed by atoms with Crippen molar-refractivity contribution in [1.82, 2.24) is 15.2 Å². The second-order valence-electron chi connectivity index (χ2n) is 6.04. The molecule has 136 valence electrons. The number of nitrogens with one attached hydrogen (secondary N) is 1. The number of thiazole rings is 1. The minimum Gasteiger partial charge on any atom is -0.370 e. The summed E-state index contributed by atoms with van der Waals surface area (Å²) >= 11 is 1.70. The average molecular weight is 465 g/mol. The maximum Gasteiger partial charge on any atom is 0.217 e. The van der Waals surface area contributed by atoms with Gasteiger partial charge in [-0.3, -0.25) is 4.79 Å². The highest BCUT2D eigenvalue weighted by Gasteiger charge is 2.23. The number of carbonyl (C=O) groups is 1. The van der Waals surface area contributed by atoms with E-state index in [0.717, 1.165) is 49.1 Å². The first-order valence-corrected chi connectivity index (χ1v) is 9.05. The number of aliphatic imine (C=N–C) groups is 1. The molecule has 0 spiro atoms. The number of piperidine rings is 1. The van der Waals surface area contributed by atoms with Gasteiger partial charge < -0.3 is 16.0 Å². The average Bonchev–Trinajstić information content (AvgIpc) is 2.82. The molecule has 0 radical (unpaired) electrons. The normalized spacial score (nSPS) is 18.2. The largest absolute Gasteiger partial charge is 0.370 e. The second-order valence-corrected chi connectivity index (χ2v) is 7.33. The Kier molecular flexibility index (Phi) is 8.96. The van der Waals surface area contributed by atoms with Gasteiger partial charge in [-0.05, 0) is 39.5 Å². The van der Waals surface area contributed by atoms with Crippen LogP contribution in [0.1, 0.15) is 41.8 Å². The first-order chi connectivity index (χ1) is 11.0. The van der Waals surface area contributed by atoms with Crippen LogP contribution in [0.5, 0.6) is 0 Å². The van der Waals surface area contributed by atoms with E-state index < -0.39 is 0 Å². The predicted octanol–water partition coefficient (Wildman–Crippen LogP) is 2.43. The fourth-order valence-corrected chi connectivity index (χ4v) is 3.74. The molecule has 1 aromatic heterocycles. The first-order valence-electron chi connectivity index (χ1n) is 8.24. The third-order valence-electron chi connectivity index (χ3n) is 4.08. The maximum absolute atomic E-state index is 11.2. The van der Waals surface area contributed by atoms with E-state index >= 15 is 0 Å². The molecule has 1 aliphatic heterocycles. The minimum atomic E-state index is -0.215. The first kappa shape index (κ1) is 21.1. The number of rotatable bonds is 5. The molecule has 1 unspecified atom stereocenters. The van der Waals surface area contributed by atoms with Gasteiger partial charge in [0.25, 0.3) is 0 Å². The van der Waals surface area contributed by atoms with E-state index in [0.29, 0.717) is 18.9 Å². The molecule has 1 amide bonds. The molecule has 0 aromatic carbocycles. The number of aromatic nitrogens is 1. The van der Waals surface area contributed by atoms with Crippen molar-refractivity contribution in [2.45, 2.75) is 46.6 Å². The zero-order chi connectivity index (χ0) is 16.8. The van der Waals surface area contributed by atoms with Gasteiger partial charge in [-0.15, -0.1) is 35.3 Å². The Bertz CT molecular complexity index is 555. The van der Waals surface area contributed by atoms with Gasteiger partial charge in [0.1, 0.15) is 5.01 Å². The van der Waals surface area contributed by atoms with Crippen LogP contribution in [-0.2, 0) is 11.3 Å². The lowest BCUT2D eigenvalue weighted by Gasteiger charge is -2.34. The number of nitrogens with two attached hydrogens (primary N) is 1. The molecule has 1 saturated heterocycles. The molecule has 0 saturated carbocycles. The summed E-state index contributed by atoms with van der Waals surface area (Å²) in [6.45, 7) is 9.41. The van der Waals surface area contributed by atoms with Crippen LogP contribution in [0, 0.1) is 19.8 Å². The van der Waals surface area contributed by atoms with Crippen molar-refractivity contribution in [2.75, 3.05) is 19.6 Å². The molecule has 2 rings (SSSR count). The van der Waals surface area contributed by atoms with Crippen LogP contribution in [0.3, 0.4) is 0 Å². The fraction of sp³-hybridized carbons (Fsp3) is 0.688. The van der Waals surface area contributed by atoms with Crippen molar-refractivity contribution in [1.29, 1.82) is 0 Å². The van der Waals surface area contributed by atoms with E-state index in [9.17, 15) is 4.79 Å². The summed E-state index contributed by atoms with van der Waals surface area (Å²) in [4.78, 5) is 23.9. The highest BCUT2D eigenvalue weighted by Crippen LogP contribution is 2.20. The zero-order valence-electron chi connectivity index (χ0n) is 14.7. The van der Waals surface area contributed by atoms with E-state index in [4.69, 9.17) is 10.7 Å². The number of hydrogen-bond acceptors (Lipinski definition) is 4. The highest BCUT2D eigenvalue weighted by atomic mass is 127. The van der Waals surface area contributed by atoms with E-state index in [1.165, 1.54) is 4.88 Å². The quantitative estimate of drug-likeness (QED) is 0.398. The van der Waals surface area contributed by atoms with Gasteiger partial charge in [-0.25, -0.2) is 9.98 Å². The Hall–Kier alpha value is -0.900. The minimum absolute atomic E-state index is 0. The van der Waals surface area contributed by atoms with Crippen molar-refractivity contribution >= 4 is 47.2 Å². The van der Waals surface area contributed by atoms with Crippen molar-refractivity contribution in [2.24, 2.45) is 16.6 Å². The van der Waals surface area contributed by atoms with Crippen molar-refractivity contribution in [3.63, 3.8) is 0 Å². The van der Waals surface area contributed by atoms with Gasteiger partial charge in [0.2, 0.25) is 5.91 Å². The van der Waals surface area contributed by atoms with Gasteiger partial charge in [0.05, 0.1) is 12.2 Å². The number of aryl methyl sites for hydroxylation is 2. The Balaban J connectivity index is 0.00000288. The van der Waals surface area contributed by atoms with Gasteiger partial charge >= 0.3 is 0 Å². The van der Waals surface area contributed by atoms with E-state index in [1.54, 1.807) is 11.3 Å². The summed E-state index contributed by atoms with van der Waals surface area (Å²) in [5, 5.41) is 4.40. The predicted molar refractivity (Wildman–Crippen MR) is 110 cm³/mol. The Morgan fingerprint density at radius 2 is 2.25 bits per heavy atom. The van der Waals surface area contributed by atoms with Crippen LogP contribution < -0.4 is 11.1 Å². The number of carbonyl (C=O) groups excluding carboxylic acids is 1. The van der Waals surface area contributed by atoms with Gasteiger partial charge in [-0.1, -0.05) is 0 Å². The van der Waals surface area contributed by atoms with Crippen LogP contribution in [0.4, 0.5) is 0 Å². The lowest BCUT2D eigenvalue weighted by Crippen LogP contribution is -2.47. The van der Waals surface area contributed by atoms with Crippen molar-refractivity contribution < 1.29 is 4.79 Å².